The summed E-state index contributed by atoms with van der Waals surface area (Å²) in [5.74, 6) is -0.194. The molecule has 0 radical (unpaired) electrons. The molecule has 3 amide bonds. The first-order valence-electron chi connectivity index (χ1n) is 9.43. The number of nitrogens with one attached hydrogen (secondary N) is 1. The average Bonchev–Trinajstić information content (AvgIpc) is 3.01. The van der Waals surface area contributed by atoms with Gasteiger partial charge in [-0.1, -0.05) is 33.1 Å². The Morgan fingerprint density at radius 3 is 2.44 bits per heavy atom. The van der Waals surface area contributed by atoms with Gasteiger partial charge in [0.25, 0.3) is 0 Å². The molecule has 1 aliphatic rings. The molecule has 1 N–H and O–H groups in total. The zero-order chi connectivity index (χ0) is 20.7. The number of hydrogen-bond donors (Lipinski definition) is 1. The van der Waals surface area contributed by atoms with Crippen molar-refractivity contribution in [3.05, 3.63) is 24.8 Å². The van der Waals surface area contributed by atoms with Crippen molar-refractivity contribution in [3.8, 4) is 0 Å². The second-order valence-electron chi connectivity index (χ2n) is 7.34. The van der Waals surface area contributed by atoms with Crippen molar-refractivity contribution in [1.82, 2.24) is 15.1 Å². The highest BCUT2D eigenvalue weighted by Gasteiger charge is 2.40. The topological polar surface area (TPSA) is 79.0 Å². The van der Waals surface area contributed by atoms with Crippen molar-refractivity contribution in [1.29, 1.82) is 0 Å². The maximum atomic E-state index is 12.7. The molecule has 3 atom stereocenters. The Morgan fingerprint density at radius 1 is 1.33 bits per heavy atom. The van der Waals surface area contributed by atoms with Crippen LogP contribution in [-0.4, -0.2) is 65.5 Å². The summed E-state index contributed by atoms with van der Waals surface area (Å²) < 4.78 is 5.66. The predicted octanol–water partition coefficient (Wildman–Crippen LogP) is 2.34. The highest BCUT2D eigenvalue weighted by atomic mass is 16.6. The van der Waals surface area contributed by atoms with Crippen LogP contribution in [0.2, 0.25) is 0 Å². The number of nitrogens with zero attached hydrogens (tertiary/aromatic N) is 2. The molecule has 0 aromatic carbocycles. The van der Waals surface area contributed by atoms with Gasteiger partial charge in [0.05, 0.1) is 6.54 Å². The molecule has 7 heteroatoms. The first-order valence-corrected chi connectivity index (χ1v) is 9.43. The summed E-state index contributed by atoms with van der Waals surface area (Å²) in [5.41, 5.74) is 0.737. The number of carbonyl (C=O) groups is 3. The van der Waals surface area contributed by atoms with Gasteiger partial charge in [0, 0.05) is 32.5 Å². The van der Waals surface area contributed by atoms with Crippen LogP contribution in [0.4, 0.5) is 4.79 Å². The summed E-state index contributed by atoms with van der Waals surface area (Å²) in [5, 5.41) is 2.62. The van der Waals surface area contributed by atoms with E-state index in [0.717, 1.165) is 5.57 Å². The number of rotatable bonds is 8. The minimum absolute atomic E-state index is 0.0373. The summed E-state index contributed by atoms with van der Waals surface area (Å²) in [7, 11) is 0. The van der Waals surface area contributed by atoms with Crippen LogP contribution in [0.25, 0.3) is 0 Å². The second kappa shape index (κ2) is 10.1. The molecule has 0 aromatic heterocycles. The maximum absolute atomic E-state index is 12.7. The van der Waals surface area contributed by atoms with Crippen molar-refractivity contribution in [2.45, 2.75) is 59.2 Å². The minimum Gasteiger partial charge on any atom is -0.444 e. The van der Waals surface area contributed by atoms with E-state index in [4.69, 9.17) is 4.74 Å². The lowest BCUT2D eigenvalue weighted by Crippen LogP contribution is -2.49. The van der Waals surface area contributed by atoms with E-state index in [0.29, 0.717) is 26.1 Å². The molecule has 0 spiro atoms. The first-order chi connectivity index (χ1) is 12.6. The molecule has 7 nitrogen and oxygen atoms in total. The van der Waals surface area contributed by atoms with Gasteiger partial charge in [-0.2, -0.15) is 0 Å². The molecule has 1 aliphatic heterocycles. The molecule has 0 unspecified atom stereocenters. The molecule has 0 saturated carbocycles. The van der Waals surface area contributed by atoms with Crippen LogP contribution < -0.4 is 5.32 Å². The fourth-order valence-corrected chi connectivity index (χ4v) is 3.24. The van der Waals surface area contributed by atoms with Crippen molar-refractivity contribution in [3.63, 3.8) is 0 Å². The summed E-state index contributed by atoms with van der Waals surface area (Å²) in [6.07, 6.45) is 1.41. The maximum Gasteiger partial charge on any atom is 0.410 e. The first kappa shape index (κ1) is 22.7. The number of ether oxygens (including phenoxy) is 1. The molecular weight excluding hydrogens is 346 g/mol. The van der Waals surface area contributed by atoms with Gasteiger partial charge in [0.1, 0.15) is 12.1 Å². The van der Waals surface area contributed by atoms with Gasteiger partial charge in [-0.05, 0) is 25.3 Å². The molecule has 1 heterocycles. The highest BCUT2D eigenvalue weighted by Crippen LogP contribution is 2.27. The number of likely N-dealkylation sites (tertiary alicyclic amines) is 1. The fraction of sp³-hybridized carbons (Fsp3) is 0.650. The fourth-order valence-electron chi connectivity index (χ4n) is 3.24. The Bertz CT molecular complexity index is 588. The molecule has 0 aliphatic carbocycles. The molecule has 0 bridgehead atoms. The van der Waals surface area contributed by atoms with Gasteiger partial charge in [-0.15, -0.1) is 0 Å². The third kappa shape index (κ3) is 6.41. The Kier molecular flexibility index (Phi) is 8.53. The highest BCUT2D eigenvalue weighted by molar-refractivity contribution is 5.87. The molecule has 1 rings (SSSR count). The Hall–Kier alpha value is -2.31. The molecule has 1 saturated heterocycles. The lowest BCUT2D eigenvalue weighted by molar-refractivity contribution is -0.137. The standard InChI is InChI=1S/C20H33N3O4/c1-8-14(5)11-22(9-2)20(26)27-17-10-18(13(3)4)23(12-17)19(25)15(6)21-16(7)24/h8,13,15,17-18H,1,5,9-12H2,2-4,6-7H3,(H,21,24)/t15-,17+,18-/m0/s1. The van der Waals surface area contributed by atoms with Crippen LogP contribution in [0, 0.1) is 5.92 Å². The van der Waals surface area contributed by atoms with E-state index in [1.165, 1.54) is 6.92 Å². The van der Waals surface area contributed by atoms with E-state index >= 15 is 0 Å². The van der Waals surface area contributed by atoms with Crippen LogP contribution in [0.3, 0.4) is 0 Å². The van der Waals surface area contributed by atoms with Crippen molar-refractivity contribution >= 4 is 17.9 Å². The lowest BCUT2D eigenvalue weighted by Gasteiger charge is -2.29. The van der Waals surface area contributed by atoms with E-state index in [9.17, 15) is 14.4 Å². The minimum atomic E-state index is -0.610. The lowest BCUT2D eigenvalue weighted by atomic mass is 10.0. The van der Waals surface area contributed by atoms with Gasteiger partial charge in [0.15, 0.2) is 0 Å². The summed E-state index contributed by atoms with van der Waals surface area (Å²) in [6.45, 7) is 17.7. The summed E-state index contributed by atoms with van der Waals surface area (Å²) in [4.78, 5) is 39.7. The number of likely N-dealkylation sites (N-methyl/N-ethyl adjacent to an activating group) is 1. The van der Waals surface area contributed by atoms with Gasteiger partial charge in [-0.3, -0.25) is 9.59 Å². The zero-order valence-electron chi connectivity index (χ0n) is 17.2. The quantitative estimate of drug-likeness (QED) is 0.657. The molecular formula is C20H33N3O4. The average molecular weight is 380 g/mol. The van der Waals surface area contributed by atoms with E-state index in [1.54, 1.807) is 22.8 Å². The van der Waals surface area contributed by atoms with E-state index in [-0.39, 0.29) is 29.9 Å². The van der Waals surface area contributed by atoms with Crippen LogP contribution in [-0.2, 0) is 14.3 Å². The number of amides is 3. The van der Waals surface area contributed by atoms with Gasteiger partial charge in [-0.25, -0.2) is 4.79 Å². The summed E-state index contributed by atoms with van der Waals surface area (Å²) >= 11 is 0. The van der Waals surface area contributed by atoms with Crippen molar-refractivity contribution < 1.29 is 19.1 Å². The summed E-state index contributed by atoms with van der Waals surface area (Å²) in [6, 6.07) is -0.647. The van der Waals surface area contributed by atoms with Crippen LogP contribution >= 0.6 is 0 Å². The Morgan fingerprint density at radius 2 is 1.96 bits per heavy atom. The third-order valence-corrected chi connectivity index (χ3v) is 4.74. The predicted molar refractivity (Wildman–Crippen MR) is 105 cm³/mol. The zero-order valence-corrected chi connectivity index (χ0v) is 17.2. The Balaban J connectivity index is 2.80. The van der Waals surface area contributed by atoms with E-state index < -0.39 is 12.1 Å². The van der Waals surface area contributed by atoms with Crippen LogP contribution in [0.15, 0.2) is 24.8 Å². The number of carbonyl (C=O) groups excluding carboxylic acids is 3. The second-order valence-corrected chi connectivity index (χ2v) is 7.34. The van der Waals surface area contributed by atoms with Gasteiger partial charge >= 0.3 is 6.09 Å². The van der Waals surface area contributed by atoms with E-state index in [2.05, 4.69) is 18.5 Å². The third-order valence-electron chi connectivity index (χ3n) is 4.74. The molecule has 0 aromatic rings. The van der Waals surface area contributed by atoms with Crippen LogP contribution in [0.5, 0.6) is 0 Å². The monoisotopic (exact) mass is 379 g/mol. The van der Waals surface area contributed by atoms with Gasteiger partial charge in [0.2, 0.25) is 11.8 Å². The van der Waals surface area contributed by atoms with Gasteiger partial charge < -0.3 is 19.9 Å². The largest absolute Gasteiger partial charge is 0.444 e. The van der Waals surface area contributed by atoms with Crippen LogP contribution in [0.1, 0.15) is 41.0 Å². The SMILES string of the molecule is C=CC(=C)CN(CC)C(=O)O[C@@H]1C[C@@H](C(C)C)N(C(=O)[C@H](C)NC(C)=O)C1. The van der Waals surface area contributed by atoms with Crippen molar-refractivity contribution in [2.24, 2.45) is 5.92 Å². The normalized spacial score (nSPS) is 20.1. The number of hydrogen-bond acceptors (Lipinski definition) is 4. The smallest absolute Gasteiger partial charge is 0.410 e. The Labute approximate surface area is 162 Å². The molecule has 152 valence electrons. The molecule has 1 fully saturated rings. The van der Waals surface area contributed by atoms with E-state index in [1.807, 2.05) is 20.8 Å². The molecule has 27 heavy (non-hydrogen) atoms. The van der Waals surface area contributed by atoms with Crippen molar-refractivity contribution in [2.75, 3.05) is 19.6 Å².